The maximum Gasteiger partial charge on any atom is 0.282 e. The highest BCUT2D eigenvalue weighted by atomic mass is 16.6. The van der Waals surface area contributed by atoms with Crippen molar-refractivity contribution in [3.8, 4) is 0 Å². The smallest absolute Gasteiger partial charge is 0.282 e. The topological polar surface area (TPSA) is 153 Å². The third-order valence-corrected chi connectivity index (χ3v) is 2.67. The minimum Gasteiger partial charge on any atom is -0.370 e. The average Bonchev–Trinajstić information content (AvgIpc) is 2.35. The van der Waals surface area contributed by atoms with Crippen molar-refractivity contribution in [2.24, 2.45) is 11.6 Å². The second-order valence-electron chi connectivity index (χ2n) is 5.11. The van der Waals surface area contributed by atoms with Crippen molar-refractivity contribution in [2.45, 2.75) is 25.8 Å². The summed E-state index contributed by atoms with van der Waals surface area (Å²) in [5.74, 6) is 3.95. The molecule has 9 heteroatoms. The van der Waals surface area contributed by atoms with Crippen LogP contribution in [0.5, 0.6) is 0 Å². The number of nitrogen functional groups attached to an aromatic ring is 1. The van der Waals surface area contributed by atoms with Crippen molar-refractivity contribution >= 4 is 23.2 Å². The summed E-state index contributed by atoms with van der Waals surface area (Å²) in [6.45, 7) is 3.18. The summed E-state index contributed by atoms with van der Waals surface area (Å²) >= 11 is 0. The third-order valence-electron chi connectivity index (χ3n) is 2.67. The van der Waals surface area contributed by atoms with Gasteiger partial charge in [-0.3, -0.25) is 25.5 Å². The van der Waals surface area contributed by atoms with Crippen molar-refractivity contribution in [1.82, 2.24) is 5.32 Å². The fourth-order valence-corrected chi connectivity index (χ4v) is 1.82. The second kappa shape index (κ2) is 6.18. The van der Waals surface area contributed by atoms with Gasteiger partial charge < -0.3 is 16.5 Å². The molecule has 21 heavy (non-hydrogen) atoms. The summed E-state index contributed by atoms with van der Waals surface area (Å²) in [6, 6.07) is 3.81. The Morgan fingerprint density at radius 3 is 2.48 bits per heavy atom. The largest absolute Gasteiger partial charge is 0.370 e. The van der Waals surface area contributed by atoms with Gasteiger partial charge in [0.25, 0.3) is 11.6 Å². The Hall–Kier alpha value is -2.68. The Labute approximate surface area is 120 Å². The first-order valence-electron chi connectivity index (χ1n) is 6.02. The predicted octanol–water partition coefficient (Wildman–Crippen LogP) is 0.264. The molecule has 0 unspecified atom stereocenters. The number of nitrogens with one attached hydrogen (secondary N) is 2. The maximum absolute atomic E-state index is 12.2. The number of amides is 2. The molecule has 2 amide bonds. The molecule has 0 bridgehead atoms. The van der Waals surface area contributed by atoms with E-state index in [1.54, 1.807) is 13.8 Å². The first-order chi connectivity index (χ1) is 9.66. The van der Waals surface area contributed by atoms with Gasteiger partial charge in [-0.2, -0.15) is 0 Å². The van der Waals surface area contributed by atoms with E-state index in [1.807, 2.05) is 0 Å². The van der Waals surface area contributed by atoms with Crippen molar-refractivity contribution in [1.29, 1.82) is 0 Å². The molecule has 0 aliphatic rings. The average molecular weight is 295 g/mol. The second-order valence-corrected chi connectivity index (χ2v) is 5.11. The highest BCUT2D eigenvalue weighted by molar-refractivity contribution is 5.99. The summed E-state index contributed by atoms with van der Waals surface area (Å²) in [4.78, 5) is 33.4. The van der Waals surface area contributed by atoms with E-state index in [0.717, 1.165) is 0 Å². The molecule has 0 saturated heterocycles. The van der Waals surface area contributed by atoms with Gasteiger partial charge in [-0.1, -0.05) is 0 Å². The van der Waals surface area contributed by atoms with Crippen LogP contribution in [0.15, 0.2) is 18.2 Å². The van der Waals surface area contributed by atoms with Gasteiger partial charge >= 0.3 is 0 Å². The Balaban J connectivity index is 3.11. The molecule has 0 radical (unpaired) electrons. The van der Waals surface area contributed by atoms with E-state index in [-0.39, 0.29) is 17.7 Å². The Morgan fingerprint density at radius 2 is 2.00 bits per heavy atom. The van der Waals surface area contributed by atoms with Crippen LogP contribution in [0.2, 0.25) is 0 Å². The summed E-state index contributed by atoms with van der Waals surface area (Å²) in [7, 11) is 0. The molecule has 0 heterocycles. The fourth-order valence-electron chi connectivity index (χ4n) is 1.82. The number of rotatable bonds is 6. The molecule has 0 aliphatic heterocycles. The van der Waals surface area contributed by atoms with Crippen LogP contribution in [0.25, 0.3) is 0 Å². The monoisotopic (exact) mass is 295 g/mol. The molecule has 9 nitrogen and oxygen atoms in total. The van der Waals surface area contributed by atoms with E-state index < -0.39 is 22.3 Å². The number of anilines is 1. The molecule has 0 fully saturated rings. The van der Waals surface area contributed by atoms with Crippen LogP contribution in [0, 0.1) is 10.1 Å². The van der Waals surface area contributed by atoms with Crippen LogP contribution in [0.3, 0.4) is 0 Å². The minimum atomic E-state index is -0.928. The van der Waals surface area contributed by atoms with E-state index in [4.69, 9.17) is 11.6 Å². The Morgan fingerprint density at radius 1 is 1.38 bits per heavy atom. The highest BCUT2D eigenvalue weighted by Crippen LogP contribution is 2.23. The lowest BCUT2D eigenvalue weighted by molar-refractivity contribution is -0.385. The number of primary amides is 1. The number of nitrogens with zero attached hydrogens (tertiary/aromatic N) is 1. The van der Waals surface area contributed by atoms with E-state index >= 15 is 0 Å². The lowest BCUT2D eigenvalue weighted by Crippen LogP contribution is -2.46. The number of carbonyl (C=O) groups excluding carboxylic acids is 2. The molecule has 0 saturated carbocycles. The molecular formula is C12H17N5O4. The third kappa shape index (κ3) is 4.42. The van der Waals surface area contributed by atoms with E-state index in [9.17, 15) is 19.7 Å². The predicted molar refractivity (Wildman–Crippen MR) is 76.3 cm³/mol. The fraction of sp³-hybridized carbons (Fsp3) is 0.333. The molecular weight excluding hydrogens is 278 g/mol. The van der Waals surface area contributed by atoms with Gasteiger partial charge in [-0.25, -0.2) is 0 Å². The molecule has 1 rings (SSSR count). The normalized spacial score (nSPS) is 10.8. The molecule has 114 valence electrons. The van der Waals surface area contributed by atoms with Crippen LogP contribution < -0.4 is 22.3 Å². The lowest BCUT2D eigenvalue weighted by Gasteiger charge is -2.24. The van der Waals surface area contributed by atoms with Crippen molar-refractivity contribution in [3.05, 3.63) is 33.9 Å². The van der Waals surface area contributed by atoms with Crippen LogP contribution in [0.1, 0.15) is 30.6 Å². The van der Waals surface area contributed by atoms with Gasteiger partial charge in [0, 0.05) is 23.7 Å². The van der Waals surface area contributed by atoms with Gasteiger partial charge in [-0.05, 0) is 26.0 Å². The van der Waals surface area contributed by atoms with Crippen LogP contribution >= 0.6 is 0 Å². The first kappa shape index (κ1) is 16.4. The highest BCUT2D eigenvalue weighted by Gasteiger charge is 2.27. The zero-order chi connectivity index (χ0) is 16.2. The zero-order valence-corrected chi connectivity index (χ0v) is 11.7. The quantitative estimate of drug-likeness (QED) is 0.335. The number of hydrogen-bond acceptors (Lipinski definition) is 6. The Bertz CT molecular complexity index is 585. The molecule has 1 aromatic rings. The van der Waals surface area contributed by atoms with E-state index in [0.29, 0.717) is 5.69 Å². The molecule has 0 aromatic heterocycles. The number of nitro benzene ring substituents is 1. The summed E-state index contributed by atoms with van der Waals surface area (Å²) in [6.07, 6.45) is -0.0959. The standard InChI is InChI=1S/C12H17N5O4/c1-12(2,6-10(13)18)15-11(19)8-5-7(16-14)3-4-9(8)17(20)21/h3-5,16H,6,14H2,1-2H3,(H2,13,18)(H,15,19). The molecule has 0 atom stereocenters. The Kier molecular flexibility index (Phi) is 4.82. The molecule has 0 aliphatic carbocycles. The van der Waals surface area contributed by atoms with Gasteiger partial charge in [-0.15, -0.1) is 0 Å². The first-order valence-corrected chi connectivity index (χ1v) is 6.02. The zero-order valence-electron chi connectivity index (χ0n) is 11.7. The number of hydrogen-bond donors (Lipinski definition) is 4. The number of nitro groups is 1. The molecule has 6 N–H and O–H groups in total. The molecule has 1 aromatic carbocycles. The van der Waals surface area contributed by atoms with Gasteiger partial charge in [0.05, 0.1) is 4.92 Å². The van der Waals surface area contributed by atoms with Crippen molar-refractivity contribution < 1.29 is 14.5 Å². The van der Waals surface area contributed by atoms with Crippen LogP contribution in [-0.2, 0) is 4.79 Å². The van der Waals surface area contributed by atoms with Gasteiger partial charge in [0.15, 0.2) is 0 Å². The van der Waals surface area contributed by atoms with Gasteiger partial charge in [0.1, 0.15) is 5.56 Å². The van der Waals surface area contributed by atoms with Crippen molar-refractivity contribution in [3.63, 3.8) is 0 Å². The molecule has 0 spiro atoms. The summed E-state index contributed by atoms with van der Waals surface area (Å²) in [5, 5.41) is 13.5. The summed E-state index contributed by atoms with van der Waals surface area (Å²) in [5.41, 5.74) is 6.30. The van der Waals surface area contributed by atoms with Crippen LogP contribution in [0.4, 0.5) is 11.4 Å². The van der Waals surface area contributed by atoms with Crippen LogP contribution in [-0.4, -0.2) is 22.3 Å². The maximum atomic E-state index is 12.2. The van der Waals surface area contributed by atoms with Gasteiger partial charge in [0.2, 0.25) is 5.91 Å². The number of carbonyl (C=O) groups is 2. The van der Waals surface area contributed by atoms with E-state index in [1.165, 1.54) is 18.2 Å². The van der Waals surface area contributed by atoms with Crippen molar-refractivity contribution in [2.75, 3.05) is 5.43 Å². The number of hydrazine groups is 1. The van der Waals surface area contributed by atoms with E-state index in [2.05, 4.69) is 10.7 Å². The summed E-state index contributed by atoms with van der Waals surface area (Å²) < 4.78 is 0. The lowest BCUT2D eigenvalue weighted by atomic mass is 9.99. The number of nitrogens with two attached hydrogens (primary N) is 2. The SMILES string of the molecule is CC(C)(CC(N)=O)NC(=O)c1cc(NN)ccc1[N+](=O)[O-]. The number of benzene rings is 1. The minimum absolute atomic E-state index is 0.0959.